The number of methoxy groups -OCH3 is 1. The van der Waals surface area contributed by atoms with Gasteiger partial charge in [0, 0.05) is 44.4 Å². The number of rotatable bonds is 7. The van der Waals surface area contributed by atoms with Crippen LogP contribution in [-0.2, 0) is 28.9 Å². The van der Waals surface area contributed by atoms with Gasteiger partial charge in [-0.1, -0.05) is 24.3 Å². The van der Waals surface area contributed by atoms with Gasteiger partial charge in [0.25, 0.3) is 0 Å². The van der Waals surface area contributed by atoms with Gasteiger partial charge in [-0.05, 0) is 47.5 Å². The van der Waals surface area contributed by atoms with Crippen molar-refractivity contribution in [2.45, 2.75) is 38.1 Å². The van der Waals surface area contributed by atoms with Crippen molar-refractivity contribution >= 4 is 11.8 Å². The highest BCUT2D eigenvalue weighted by molar-refractivity contribution is 5.84. The molecule has 0 spiro atoms. The van der Waals surface area contributed by atoms with Crippen molar-refractivity contribution in [1.29, 1.82) is 0 Å². The summed E-state index contributed by atoms with van der Waals surface area (Å²) in [6.45, 7) is 1.10. The standard InChI is InChI=1S/C26H26F3N3O3/c1-35-21-8-3-6-19(16-21)25-22-9-4-12-31(22)13-14-32(25)24(34)11-10-23(33)30-17-18-5-2-7-20(15-18)26(27,28)29/h2-9,12,15-16,25H,10-11,13-14,17H2,1H3,(H,30,33)/t25-/m0/s1. The van der Waals surface area contributed by atoms with Crippen LogP contribution in [0.25, 0.3) is 0 Å². The lowest BCUT2D eigenvalue weighted by molar-refractivity contribution is -0.137. The van der Waals surface area contributed by atoms with Crippen LogP contribution in [0.15, 0.2) is 66.9 Å². The smallest absolute Gasteiger partial charge is 0.416 e. The molecule has 9 heteroatoms. The Kier molecular flexibility index (Phi) is 7.14. The molecule has 0 unspecified atom stereocenters. The second-order valence-corrected chi connectivity index (χ2v) is 8.37. The van der Waals surface area contributed by atoms with E-state index in [9.17, 15) is 22.8 Å². The summed E-state index contributed by atoms with van der Waals surface area (Å²) in [7, 11) is 1.59. The number of amides is 2. The molecule has 1 aromatic heterocycles. The number of hydrogen-bond donors (Lipinski definition) is 1. The number of nitrogens with zero attached hydrogens (tertiary/aromatic N) is 2. The monoisotopic (exact) mass is 485 g/mol. The Morgan fingerprint density at radius 3 is 2.60 bits per heavy atom. The number of alkyl halides is 3. The van der Waals surface area contributed by atoms with Crippen LogP contribution in [0.3, 0.4) is 0 Å². The molecule has 6 nitrogen and oxygen atoms in total. The van der Waals surface area contributed by atoms with Gasteiger partial charge in [0.15, 0.2) is 0 Å². The number of halogens is 3. The maximum Gasteiger partial charge on any atom is 0.416 e. The molecule has 0 saturated heterocycles. The summed E-state index contributed by atoms with van der Waals surface area (Å²) in [6, 6.07) is 16.0. The van der Waals surface area contributed by atoms with Crippen LogP contribution in [0.1, 0.15) is 41.3 Å². The molecule has 1 aliphatic rings. The number of hydrogen-bond acceptors (Lipinski definition) is 3. The van der Waals surface area contributed by atoms with Gasteiger partial charge in [-0.15, -0.1) is 0 Å². The molecule has 1 N–H and O–H groups in total. The Bertz CT molecular complexity index is 1210. The third kappa shape index (κ3) is 5.67. The van der Waals surface area contributed by atoms with E-state index < -0.39 is 17.6 Å². The van der Waals surface area contributed by atoms with Crippen molar-refractivity contribution < 1.29 is 27.5 Å². The lowest BCUT2D eigenvalue weighted by Gasteiger charge is -2.37. The van der Waals surface area contributed by atoms with E-state index in [1.54, 1.807) is 12.0 Å². The third-order valence-corrected chi connectivity index (χ3v) is 6.08. The predicted octanol–water partition coefficient (Wildman–Crippen LogP) is 4.54. The van der Waals surface area contributed by atoms with Crippen molar-refractivity contribution in [3.8, 4) is 5.75 Å². The Labute approximate surface area is 201 Å². The summed E-state index contributed by atoms with van der Waals surface area (Å²) in [4.78, 5) is 27.3. The number of benzene rings is 2. The molecular weight excluding hydrogens is 459 g/mol. The van der Waals surface area contributed by atoms with Crippen LogP contribution in [0.5, 0.6) is 5.75 Å². The molecule has 2 aromatic carbocycles. The van der Waals surface area contributed by atoms with Crippen molar-refractivity contribution in [3.05, 3.63) is 89.2 Å². The number of carbonyl (C=O) groups excluding carboxylic acids is 2. The maximum atomic E-state index is 13.2. The molecule has 2 heterocycles. The van der Waals surface area contributed by atoms with E-state index in [0.717, 1.165) is 23.4 Å². The first-order valence-electron chi connectivity index (χ1n) is 11.3. The average molecular weight is 486 g/mol. The fourth-order valence-corrected chi connectivity index (χ4v) is 4.33. The average Bonchev–Trinajstić information content (AvgIpc) is 3.34. The highest BCUT2D eigenvalue weighted by Gasteiger charge is 2.32. The van der Waals surface area contributed by atoms with Crippen molar-refractivity contribution in [2.75, 3.05) is 13.7 Å². The Morgan fingerprint density at radius 1 is 1.03 bits per heavy atom. The number of carbonyl (C=O) groups is 2. The number of aromatic nitrogens is 1. The molecule has 1 atom stereocenters. The van der Waals surface area contributed by atoms with Crippen molar-refractivity contribution in [3.63, 3.8) is 0 Å². The molecular formula is C26H26F3N3O3. The summed E-state index contributed by atoms with van der Waals surface area (Å²) in [5.41, 5.74) is 1.46. The molecule has 184 valence electrons. The summed E-state index contributed by atoms with van der Waals surface area (Å²) in [6.07, 6.45) is -2.53. The largest absolute Gasteiger partial charge is 0.497 e. The van der Waals surface area contributed by atoms with Crippen molar-refractivity contribution in [1.82, 2.24) is 14.8 Å². The van der Waals surface area contributed by atoms with E-state index in [1.807, 2.05) is 42.6 Å². The zero-order valence-corrected chi connectivity index (χ0v) is 19.2. The van der Waals surface area contributed by atoms with E-state index >= 15 is 0 Å². The van der Waals surface area contributed by atoms with Crippen LogP contribution in [0, 0.1) is 0 Å². The van der Waals surface area contributed by atoms with Gasteiger partial charge in [0.05, 0.1) is 18.7 Å². The fraction of sp³-hybridized carbons (Fsp3) is 0.308. The maximum absolute atomic E-state index is 13.2. The zero-order valence-electron chi connectivity index (χ0n) is 19.2. The molecule has 0 bridgehead atoms. The summed E-state index contributed by atoms with van der Waals surface area (Å²) in [5, 5.41) is 2.61. The Hall–Kier alpha value is -3.75. The zero-order chi connectivity index (χ0) is 25.0. The van der Waals surface area contributed by atoms with Gasteiger partial charge in [-0.2, -0.15) is 13.2 Å². The normalized spacial score (nSPS) is 15.4. The fourth-order valence-electron chi connectivity index (χ4n) is 4.33. The van der Waals surface area contributed by atoms with Crippen LogP contribution in [0.4, 0.5) is 13.2 Å². The van der Waals surface area contributed by atoms with E-state index in [-0.39, 0.29) is 31.3 Å². The van der Waals surface area contributed by atoms with Crippen molar-refractivity contribution in [2.24, 2.45) is 0 Å². The van der Waals surface area contributed by atoms with E-state index in [0.29, 0.717) is 24.4 Å². The second-order valence-electron chi connectivity index (χ2n) is 8.37. The van der Waals surface area contributed by atoms with Crippen LogP contribution < -0.4 is 10.1 Å². The lowest BCUT2D eigenvalue weighted by Crippen LogP contribution is -2.42. The molecule has 0 radical (unpaired) electrons. The van der Waals surface area contributed by atoms with Crippen LogP contribution in [-0.4, -0.2) is 34.9 Å². The van der Waals surface area contributed by atoms with E-state index in [1.165, 1.54) is 12.1 Å². The van der Waals surface area contributed by atoms with Gasteiger partial charge in [0.1, 0.15) is 5.75 Å². The quantitative estimate of drug-likeness (QED) is 0.534. The van der Waals surface area contributed by atoms with E-state index in [2.05, 4.69) is 9.88 Å². The summed E-state index contributed by atoms with van der Waals surface area (Å²) in [5.74, 6) is 0.126. The first kappa shape index (κ1) is 24.4. The minimum Gasteiger partial charge on any atom is -0.497 e. The topological polar surface area (TPSA) is 63.6 Å². The lowest BCUT2D eigenvalue weighted by atomic mass is 9.99. The Morgan fingerprint density at radius 2 is 1.83 bits per heavy atom. The molecule has 1 aliphatic heterocycles. The van der Waals surface area contributed by atoms with E-state index in [4.69, 9.17) is 4.74 Å². The second kappa shape index (κ2) is 10.2. The summed E-state index contributed by atoms with van der Waals surface area (Å²) >= 11 is 0. The first-order chi connectivity index (χ1) is 16.8. The minimum absolute atomic E-state index is 0.00436. The van der Waals surface area contributed by atoms with Gasteiger partial charge in [0.2, 0.25) is 11.8 Å². The number of nitrogens with one attached hydrogen (secondary N) is 1. The minimum atomic E-state index is -4.44. The molecule has 0 saturated carbocycles. The molecule has 35 heavy (non-hydrogen) atoms. The molecule has 4 rings (SSSR count). The predicted molar refractivity (Wildman–Crippen MR) is 124 cm³/mol. The summed E-state index contributed by atoms with van der Waals surface area (Å²) < 4.78 is 46.1. The highest BCUT2D eigenvalue weighted by atomic mass is 19.4. The highest BCUT2D eigenvalue weighted by Crippen LogP contribution is 2.34. The van der Waals surface area contributed by atoms with Crippen LogP contribution >= 0.6 is 0 Å². The van der Waals surface area contributed by atoms with Gasteiger partial charge in [-0.25, -0.2) is 0 Å². The number of fused-ring (bicyclic) bond motifs is 1. The van der Waals surface area contributed by atoms with Crippen LogP contribution in [0.2, 0.25) is 0 Å². The first-order valence-corrected chi connectivity index (χ1v) is 11.3. The molecule has 0 aliphatic carbocycles. The molecule has 3 aromatic rings. The Balaban J connectivity index is 1.40. The van der Waals surface area contributed by atoms with Gasteiger partial charge in [-0.3, -0.25) is 9.59 Å². The molecule has 0 fully saturated rings. The van der Waals surface area contributed by atoms with Gasteiger partial charge >= 0.3 is 6.18 Å². The molecule has 2 amide bonds. The number of ether oxygens (including phenoxy) is 1. The van der Waals surface area contributed by atoms with Gasteiger partial charge < -0.3 is 19.5 Å². The SMILES string of the molecule is COc1cccc([C@H]2c3cccn3CCN2C(=O)CCC(=O)NCc2cccc(C(F)(F)F)c2)c1. The third-order valence-electron chi connectivity index (χ3n) is 6.08.